The molecule has 1 aromatic heterocycles. The smallest absolute Gasteiger partial charge is 0.315 e. The van der Waals surface area contributed by atoms with Gasteiger partial charge in [-0.15, -0.1) is 10.2 Å². The maximum Gasteiger partial charge on any atom is 0.315 e. The van der Waals surface area contributed by atoms with Crippen LogP contribution in [-0.4, -0.2) is 14.9 Å². The first kappa shape index (κ1) is 18.6. The molecule has 0 amide bonds. The molecule has 3 N–H and O–H groups in total. The molecule has 0 saturated carbocycles. The molecule has 0 fully saturated rings. The Balaban J connectivity index is 1.78. The van der Waals surface area contributed by atoms with Gasteiger partial charge in [-0.2, -0.15) is 4.68 Å². The SMILES string of the molecule is Cc1cccc(CSc2nnc(Nc3cc(Cl)cc(Cl)c3)c(=O)n2N)c1. The summed E-state index contributed by atoms with van der Waals surface area (Å²) in [5.41, 5.74) is 2.30. The van der Waals surface area contributed by atoms with Crippen molar-refractivity contribution >= 4 is 46.5 Å². The summed E-state index contributed by atoms with van der Waals surface area (Å²) in [7, 11) is 0. The summed E-state index contributed by atoms with van der Waals surface area (Å²) >= 11 is 13.2. The minimum atomic E-state index is -0.497. The summed E-state index contributed by atoms with van der Waals surface area (Å²) in [4.78, 5) is 12.4. The first-order valence-corrected chi connectivity index (χ1v) is 9.33. The van der Waals surface area contributed by atoms with Crippen LogP contribution in [-0.2, 0) is 5.75 Å². The zero-order valence-electron chi connectivity index (χ0n) is 13.7. The Bertz CT molecular complexity index is 988. The van der Waals surface area contributed by atoms with E-state index in [2.05, 4.69) is 21.6 Å². The van der Waals surface area contributed by atoms with Crippen LogP contribution >= 0.6 is 35.0 Å². The molecular formula is C17H15Cl2N5OS. The predicted octanol–water partition coefficient (Wildman–Crippen LogP) is 4.00. The summed E-state index contributed by atoms with van der Waals surface area (Å²) in [5.74, 6) is 6.50. The highest BCUT2D eigenvalue weighted by Crippen LogP contribution is 2.24. The van der Waals surface area contributed by atoms with E-state index in [9.17, 15) is 4.79 Å². The van der Waals surface area contributed by atoms with Crippen molar-refractivity contribution in [1.29, 1.82) is 0 Å². The van der Waals surface area contributed by atoms with Crippen LogP contribution in [0.25, 0.3) is 0 Å². The van der Waals surface area contributed by atoms with Gasteiger partial charge in [0, 0.05) is 21.5 Å². The maximum atomic E-state index is 12.4. The van der Waals surface area contributed by atoms with Crippen molar-refractivity contribution in [1.82, 2.24) is 14.9 Å². The molecule has 0 saturated heterocycles. The molecule has 2 aromatic carbocycles. The first-order chi connectivity index (χ1) is 12.4. The normalized spacial score (nSPS) is 10.7. The van der Waals surface area contributed by atoms with E-state index < -0.39 is 5.56 Å². The van der Waals surface area contributed by atoms with Crippen LogP contribution in [0.15, 0.2) is 52.4 Å². The second-order valence-electron chi connectivity index (χ2n) is 5.57. The van der Waals surface area contributed by atoms with Crippen molar-refractivity contribution in [2.75, 3.05) is 11.2 Å². The maximum absolute atomic E-state index is 12.4. The lowest BCUT2D eigenvalue weighted by Crippen LogP contribution is -2.32. The van der Waals surface area contributed by atoms with Gasteiger partial charge in [-0.05, 0) is 30.7 Å². The summed E-state index contributed by atoms with van der Waals surface area (Å²) in [6.45, 7) is 2.02. The molecule has 0 atom stereocenters. The Morgan fingerprint density at radius 1 is 1.15 bits per heavy atom. The highest BCUT2D eigenvalue weighted by Gasteiger charge is 2.12. The minimum absolute atomic E-state index is 0.00858. The van der Waals surface area contributed by atoms with Crippen LogP contribution in [0.3, 0.4) is 0 Å². The first-order valence-electron chi connectivity index (χ1n) is 7.58. The van der Waals surface area contributed by atoms with Gasteiger partial charge in [-0.1, -0.05) is 64.8 Å². The number of nitrogens with one attached hydrogen (secondary N) is 1. The van der Waals surface area contributed by atoms with E-state index in [-0.39, 0.29) is 5.82 Å². The average molecular weight is 408 g/mol. The fourth-order valence-corrected chi connectivity index (χ4v) is 3.60. The van der Waals surface area contributed by atoms with Gasteiger partial charge >= 0.3 is 5.56 Å². The van der Waals surface area contributed by atoms with Gasteiger partial charge in [-0.3, -0.25) is 4.79 Å². The molecule has 9 heteroatoms. The topological polar surface area (TPSA) is 85.8 Å². The zero-order valence-corrected chi connectivity index (χ0v) is 16.1. The molecule has 3 aromatic rings. The number of hydrogen-bond donors (Lipinski definition) is 2. The van der Waals surface area contributed by atoms with Gasteiger partial charge in [0.1, 0.15) is 0 Å². The van der Waals surface area contributed by atoms with Crippen LogP contribution in [0.5, 0.6) is 0 Å². The third-order valence-electron chi connectivity index (χ3n) is 3.44. The lowest BCUT2D eigenvalue weighted by atomic mass is 10.2. The van der Waals surface area contributed by atoms with E-state index in [1.165, 1.54) is 17.3 Å². The van der Waals surface area contributed by atoms with Gasteiger partial charge in [0.2, 0.25) is 11.0 Å². The van der Waals surface area contributed by atoms with E-state index in [1.54, 1.807) is 18.2 Å². The van der Waals surface area contributed by atoms with Crippen molar-refractivity contribution < 1.29 is 0 Å². The molecule has 0 aliphatic rings. The second-order valence-corrected chi connectivity index (χ2v) is 7.38. The summed E-state index contributed by atoms with van der Waals surface area (Å²) < 4.78 is 0.974. The quantitative estimate of drug-likeness (QED) is 0.490. The monoisotopic (exact) mass is 407 g/mol. The number of rotatable bonds is 5. The van der Waals surface area contributed by atoms with E-state index in [1.807, 2.05) is 25.1 Å². The zero-order chi connectivity index (χ0) is 18.7. The van der Waals surface area contributed by atoms with Crippen LogP contribution in [0.4, 0.5) is 11.5 Å². The lowest BCUT2D eigenvalue weighted by molar-refractivity contribution is 0.705. The molecule has 26 heavy (non-hydrogen) atoms. The Morgan fingerprint density at radius 2 is 1.88 bits per heavy atom. The molecular weight excluding hydrogens is 393 g/mol. The van der Waals surface area contributed by atoms with Crippen LogP contribution in [0, 0.1) is 6.92 Å². The minimum Gasteiger partial charge on any atom is -0.334 e. The predicted molar refractivity (Wildman–Crippen MR) is 107 cm³/mol. The molecule has 0 radical (unpaired) electrons. The van der Waals surface area contributed by atoms with E-state index in [0.29, 0.717) is 26.6 Å². The number of aryl methyl sites for hydroxylation is 1. The standard InChI is InChI=1S/C17H15Cl2N5OS/c1-10-3-2-4-11(5-10)9-26-17-23-22-15(16(25)24(17)20)21-14-7-12(18)6-13(19)8-14/h2-8H,9,20H2,1H3,(H,21,22). The molecule has 0 spiro atoms. The molecule has 3 rings (SSSR count). The van der Waals surface area contributed by atoms with Crippen molar-refractivity contribution in [3.05, 3.63) is 74.0 Å². The van der Waals surface area contributed by atoms with Crippen molar-refractivity contribution in [3.63, 3.8) is 0 Å². The van der Waals surface area contributed by atoms with Gasteiger partial charge in [0.25, 0.3) is 0 Å². The molecule has 6 nitrogen and oxygen atoms in total. The van der Waals surface area contributed by atoms with Crippen LogP contribution in [0.1, 0.15) is 11.1 Å². The van der Waals surface area contributed by atoms with E-state index in [0.717, 1.165) is 10.2 Å². The van der Waals surface area contributed by atoms with Crippen LogP contribution < -0.4 is 16.7 Å². The Hall–Kier alpha value is -2.22. The lowest BCUT2D eigenvalue weighted by Gasteiger charge is -2.09. The summed E-state index contributed by atoms with van der Waals surface area (Å²) in [6, 6.07) is 12.9. The van der Waals surface area contributed by atoms with E-state index >= 15 is 0 Å². The number of nitrogens with zero attached hydrogens (tertiary/aromatic N) is 3. The molecule has 0 aliphatic carbocycles. The van der Waals surface area contributed by atoms with Crippen LogP contribution in [0.2, 0.25) is 10.0 Å². The van der Waals surface area contributed by atoms with Crippen molar-refractivity contribution in [3.8, 4) is 0 Å². The van der Waals surface area contributed by atoms with Crippen molar-refractivity contribution in [2.24, 2.45) is 0 Å². The third kappa shape index (κ3) is 4.49. The number of hydrogen-bond acceptors (Lipinski definition) is 6. The largest absolute Gasteiger partial charge is 0.334 e. The number of benzene rings is 2. The highest BCUT2D eigenvalue weighted by molar-refractivity contribution is 7.98. The second kappa shape index (κ2) is 7.99. The molecule has 0 unspecified atom stereocenters. The Kier molecular flexibility index (Phi) is 5.70. The fraction of sp³-hybridized carbons (Fsp3) is 0.118. The Labute approximate surface area is 164 Å². The number of thioether (sulfide) groups is 1. The molecule has 0 aliphatic heterocycles. The molecule has 134 valence electrons. The highest BCUT2D eigenvalue weighted by atomic mass is 35.5. The Morgan fingerprint density at radius 3 is 2.58 bits per heavy atom. The number of nitrogen functional groups attached to an aromatic ring is 1. The van der Waals surface area contributed by atoms with Gasteiger partial charge in [-0.25, -0.2) is 0 Å². The van der Waals surface area contributed by atoms with Gasteiger partial charge in [0.05, 0.1) is 0 Å². The number of anilines is 2. The average Bonchev–Trinajstić information content (AvgIpc) is 2.57. The van der Waals surface area contributed by atoms with Gasteiger partial charge in [0.15, 0.2) is 0 Å². The molecule has 0 bridgehead atoms. The number of aromatic nitrogens is 3. The summed E-state index contributed by atoms with van der Waals surface area (Å²) in [6.07, 6.45) is 0. The fourth-order valence-electron chi connectivity index (χ4n) is 2.27. The van der Waals surface area contributed by atoms with Gasteiger partial charge < -0.3 is 11.2 Å². The summed E-state index contributed by atoms with van der Waals surface area (Å²) in [5, 5.41) is 12.0. The van der Waals surface area contributed by atoms with Crippen molar-refractivity contribution in [2.45, 2.75) is 17.8 Å². The number of nitrogens with two attached hydrogens (primary N) is 1. The molecule has 1 heterocycles. The number of halogens is 2. The van der Waals surface area contributed by atoms with E-state index in [4.69, 9.17) is 29.0 Å². The third-order valence-corrected chi connectivity index (χ3v) is 4.89.